The fraction of sp³-hybridized carbons (Fsp3) is 0.824. The van der Waals surface area contributed by atoms with E-state index in [4.69, 9.17) is 5.10 Å². The highest BCUT2D eigenvalue weighted by atomic mass is 16.3. The third-order valence-electron chi connectivity index (χ3n) is 5.55. The first-order valence-electron chi connectivity index (χ1n) is 8.40. The van der Waals surface area contributed by atoms with E-state index >= 15 is 0 Å². The standard InChI is InChI=1S/C17H28N2O/c1-4-15-17(11(3)20)16(5-2)19(18-15)10-14-9-12-6-7-13(14)8-12/h11-14,20H,4-10H2,1-3H3. The molecule has 20 heavy (non-hydrogen) atoms. The van der Waals surface area contributed by atoms with Crippen molar-refractivity contribution in [1.82, 2.24) is 9.78 Å². The second kappa shape index (κ2) is 5.51. The van der Waals surface area contributed by atoms with Crippen molar-refractivity contribution in [3.63, 3.8) is 0 Å². The third kappa shape index (κ3) is 2.30. The van der Waals surface area contributed by atoms with E-state index in [-0.39, 0.29) is 0 Å². The molecular weight excluding hydrogens is 248 g/mol. The van der Waals surface area contributed by atoms with Crippen molar-refractivity contribution in [3.05, 3.63) is 17.0 Å². The van der Waals surface area contributed by atoms with Crippen LogP contribution in [-0.4, -0.2) is 14.9 Å². The summed E-state index contributed by atoms with van der Waals surface area (Å²) in [6.07, 6.45) is 7.23. The number of nitrogens with zero attached hydrogens (tertiary/aromatic N) is 2. The van der Waals surface area contributed by atoms with Gasteiger partial charge in [0.05, 0.1) is 11.8 Å². The van der Waals surface area contributed by atoms with Gasteiger partial charge in [-0.05, 0) is 56.8 Å². The monoisotopic (exact) mass is 276 g/mol. The van der Waals surface area contributed by atoms with Gasteiger partial charge in [-0.15, -0.1) is 0 Å². The van der Waals surface area contributed by atoms with Crippen molar-refractivity contribution >= 4 is 0 Å². The van der Waals surface area contributed by atoms with Crippen LogP contribution in [0.3, 0.4) is 0 Å². The Kier molecular flexibility index (Phi) is 3.89. The van der Waals surface area contributed by atoms with E-state index in [1.54, 1.807) is 0 Å². The van der Waals surface area contributed by atoms with Gasteiger partial charge in [0.25, 0.3) is 0 Å². The molecule has 1 aromatic rings. The lowest BCUT2D eigenvalue weighted by atomic mass is 9.89. The predicted octanol–water partition coefficient (Wildman–Crippen LogP) is 3.50. The first kappa shape index (κ1) is 14.1. The zero-order chi connectivity index (χ0) is 14.3. The molecule has 3 rings (SSSR count). The van der Waals surface area contributed by atoms with Crippen molar-refractivity contribution < 1.29 is 5.11 Å². The van der Waals surface area contributed by atoms with Gasteiger partial charge in [0.2, 0.25) is 0 Å². The highest BCUT2D eigenvalue weighted by Crippen LogP contribution is 2.49. The number of aliphatic hydroxyl groups is 1. The molecule has 0 saturated heterocycles. The Hall–Kier alpha value is -0.830. The first-order chi connectivity index (χ1) is 9.63. The molecule has 3 nitrogen and oxygen atoms in total. The van der Waals surface area contributed by atoms with E-state index in [2.05, 4.69) is 18.5 Å². The first-order valence-corrected chi connectivity index (χ1v) is 8.40. The van der Waals surface area contributed by atoms with E-state index in [0.29, 0.717) is 0 Å². The van der Waals surface area contributed by atoms with Crippen molar-refractivity contribution in [2.24, 2.45) is 17.8 Å². The summed E-state index contributed by atoms with van der Waals surface area (Å²) in [6, 6.07) is 0. The molecule has 0 spiro atoms. The summed E-state index contributed by atoms with van der Waals surface area (Å²) in [5.74, 6) is 2.76. The molecule has 2 fully saturated rings. The summed E-state index contributed by atoms with van der Waals surface area (Å²) in [5.41, 5.74) is 3.46. The molecule has 112 valence electrons. The molecule has 1 heterocycles. The second-order valence-electron chi connectivity index (χ2n) is 6.81. The van der Waals surface area contributed by atoms with E-state index in [0.717, 1.165) is 48.4 Å². The van der Waals surface area contributed by atoms with Gasteiger partial charge in [-0.1, -0.05) is 20.3 Å². The molecule has 0 aromatic carbocycles. The smallest absolute Gasteiger partial charge is 0.0798 e. The van der Waals surface area contributed by atoms with Crippen LogP contribution in [-0.2, 0) is 19.4 Å². The fourth-order valence-electron chi connectivity index (χ4n) is 4.66. The van der Waals surface area contributed by atoms with Gasteiger partial charge in [0.1, 0.15) is 0 Å². The summed E-state index contributed by atoms with van der Waals surface area (Å²) in [7, 11) is 0. The van der Waals surface area contributed by atoms with Gasteiger partial charge in [-0.3, -0.25) is 4.68 Å². The Morgan fingerprint density at radius 1 is 1.25 bits per heavy atom. The maximum atomic E-state index is 10.1. The lowest BCUT2D eigenvalue weighted by Crippen LogP contribution is -2.19. The molecule has 2 saturated carbocycles. The number of fused-ring (bicyclic) bond motifs is 2. The number of aromatic nitrogens is 2. The quantitative estimate of drug-likeness (QED) is 0.894. The molecule has 1 aromatic heterocycles. The fourth-order valence-corrected chi connectivity index (χ4v) is 4.66. The Bertz CT molecular complexity index is 478. The highest BCUT2D eigenvalue weighted by molar-refractivity contribution is 5.29. The molecule has 2 aliphatic carbocycles. The molecule has 0 aliphatic heterocycles. The maximum absolute atomic E-state index is 10.1. The highest BCUT2D eigenvalue weighted by Gasteiger charge is 2.39. The van der Waals surface area contributed by atoms with Crippen LogP contribution in [0.1, 0.15) is 69.5 Å². The normalized spacial score (nSPS) is 30.1. The summed E-state index contributed by atoms with van der Waals surface area (Å²) in [5, 5.41) is 14.9. The van der Waals surface area contributed by atoms with Crippen LogP contribution in [0.4, 0.5) is 0 Å². The molecule has 0 amide bonds. The van der Waals surface area contributed by atoms with E-state index in [9.17, 15) is 5.11 Å². The molecule has 2 aliphatic rings. The van der Waals surface area contributed by atoms with Crippen LogP contribution >= 0.6 is 0 Å². The lowest BCUT2D eigenvalue weighted by Gasteiger charge is -2.22. The van der Waals surface area contributed by atoms with E-state index in [1.165, 1.54) is 31.4 Å². The van der Waals surface area contributed by atoms with Crippen LogP contribution in [0.25, 0.3) is 0 Å². The van der Waals surface area contributed by atoms with Crippen LogP contribution in [0.2, 0.25) is 0 Å². The van der Waals surface area contributed by atoms with Crippen LogP contribution < -0.4 is 0 Å². The van der Waals surface area contributed by atoms with Crippen LogP contribution in [0, 0.1) is 17.8 Å². The summed E-state index contributed by atoms with van der Waals surface area (Å²) >= 11 is 0. The van der Waals surface area contributed by atoms with Gasteiger partial charge in [0.15, 0.2) is 0 Å². The Morgan fingerprint density at radius 2 is 2.05 bits per heavy atom. The lowest BCUT2D eigenvalue weighted by molar-refractivity contribution is 0.196. The van der Waals surface area contributed by atoms with Crippen LogP contribution in [0.15, 0.2) is 0 Å². The molecule has 3 heteroatoms. The summed E-state index contributed by atoms with van der Waals surface area (Å²) in [4.78, 5) is 0. The minimum Gasteiger partial charge on any atom is -0.389 e. The van der Waals surface area contributed by atoms with E-state index < -0.39 is 6.10 Å². The Balaban J connectivity index is 1.85. The Morgan fingerprint density at radius 3 is 2.55 bits per heavy atom. The Labute approximate surface area is 122 Å². The SMILES string of the molecule is CCc1nn(CC2CC3CCC2C3)c(CC)c1C(C)O. The molecule has 4 unspecified atom stereocenters. The van der Waals surface area contributed by atoms with E-state index in [1.807, 2.05) is 6.92 Å². The van der Waals surface area contributed by atoms with Crippen LogP contribution in [0.5, 0.6) is 0 Å². The van der Waals surface area contributed by atoms with Crippen molar-refractivity contribution in [3.8, 4) is 0 Å². The average Bonchev–Trinajstić information content (AvgIpc) is 3.11. The maximum Gasteiger partial charge on any atom is 0.0798 e. The number of rotatable bonds is 5. The number of aliphatic hydroxyl groups excluding tert-OH is 1. The third-order valence-corrected chi connectivity index (χ3v) is 5.55. The average molecular weight is 276 g/mol. The van der Waals surface area contributed by atoms with Gasteiger partial charge in [0, 0.05) is 17.8 Å². The van der Waals surface area contributed by atoms with Gasteiger partial charge in [-0.2, -0.15) is 5.10 Å². The van der Waals surface area contributed by atoms with Crippen molar-refractivity contribution in [2.45, 2.75) is 71.9 Å². The van der Waals surface area contributed by atoms with Gasteiger partial charge < -0.3 is 5.11 Å². The predicted molar refractivity (Wildman–Crippen MR) is 80.6 cm³/mol. The van der Waals surface area contributed by atoms with Crippen molar-refractivity contribution in [1.29, 1.82) is 0 Å². The molecule has 4 atom stereocenters. The van der Waals surface area contributed by atoms with Crippen molar-refractivity contribution in [2.75, 3.05) is 0 Å². The summed E-state index contributed by atoms with van der Waals surface area (Å²) in [6.45, 7) is 7.26. The molecule has 2 bridgehead atoms. The van der Waals surface area contributed by atoms with Gasteiger partial charge >= 0.3 is 0 Å². The molecule has 0 radical (unpaired) electrons. The number of hydrogen-bond acceptors (Lipinski definition) is 2. The van der Waals surface area contributed by atoms with Gasteiger partial charge in [-0.25, -0.2) is 0 Å². The number of hydrogen-bond donors (Lipinski definition) is 1. The molecular formula is C17H28N2O. The summed E-state index contributed by atoms with van der Waals surface area (Å²) < 4.78 is 2.23. The minimum atomic E-state index is -0.395. The topological polar surface area (TPSA) is 38.0 Å². The largest absolute Gasteiger partial charge is 0.389 e. The second-order valence-corrected chi connectivity index (χ2v) is 6.81. The zero-order valence-electron chi connectivity index (χ0n) is 13.1. The number of aryl methyl sites for hydroxylation is 1. The zero-order valence-corrected chi connectivity index (χ0v) is 13.1. The molecule has 1 N–H and O–H groups in total. The minimum absolute atomic E-state index is 0.395.